The number of hydroxylamine groups is 2. The van der Waals surface area contributed by atoms with Crippen LogP contribution in [0.3, 0.4) is 0 Å². The molecule has 2 amide bonds. The van der Waals surface area contributed by atoms with Gasteiger partial charge in [0.25, 0.3) is 0 Å². The third-order valence-corrected chi connectivity index (χ3v) is 11.9. The summed E-state index contributed by atoms with van der Waals surface area (Å²) >= 11 is 0. The monoisotopic (exact) mass is 737 g/mol. The van der Waals surface area contributed by atoms with E-state index < -0.39 is 71.4 Å². The molecule has 14 nitrogen and oxygen atoms in total. The molecule has 7 aliphatic rings. The Bertz CT molecular complexity index is 1630. The summed E-state index contributed by atoms with van der Waals surface area (Å²) < 4.78 is 29.0. The van der Waals surface area contributed by atoms with E-state index in [1.54, 1.807) is 30.7 Å². The molecule has 53 heavy (non-hydrogen) atoms. The van der Waals surface area contributed by atoms with Gasteiger partial charge in [0.15, 0.2) is 6.04 Å². The Balaban J connectivity index is 1.03. The summed E-state index contributed by atoms with van der Waals surface area (Å²) in [5.41, 5.74) is -0.121. The van der Waals surface area contributed by atoms with Crippen molar-refractivity contribution in [2.75, 3.05) is 19.9 Å². The second-order valence-corrected chi connectivity index (χ2v) is 16.6. The number of rotatable bonds is 11. The van der Waals surface area contributed by atoms with E-state index in [0.29, 0.717) is 37.5 Å². The molecule has 2 aliphatic carbocycles. The number of likely N-dealkylation sites (tertiary alicyclic amines) is 1. The van der Waals surface area contributed by atoms with Crippen LogP contribution in [0, 0.1) is 11.3 Å². The number of esters is 2. The van der Waals surface area contributed by atoms with Crippen LogP contribution in [-0.4, -0.2) is 119 Å². The largest absolute Gasteiger partial charge is 0.460 e. The van der Waals surface area contributed by atoms with E-state index in [1.807, 2.05) is 24.3 Å². The van der Waals surface area contributed by atoms with Gasteiger partial charge in [0.2, 0.25) is 11.8 Å². The fraction of sp³-hybridized carbons (Fsp3) is 0.692. The standard InChI is InChI=1S/C39H51N3O11/c1-38(2,3)52-30(44)15-13-25(20-43)40-35(45)26-9-6-16-41(26)37(47)39-18-29-31-32(49-21-48-31)34(39)53-42(33(39)36(46)51-29)19-24-8-5-4-7-23(24)12-10-22-11-14-27-28(17-22)50-27/h4-5,7-8,10,12,22,25-29,31-34,43H,6,9,11,13-21H2,1-3H3,(H,40,45). The first kappa shape index (κ1) is 36.6. The van der Waals surface area contributed by atoms with Gasteiger partial charge in [-0.3, -0.25) is 24.0 Å². The molecule has 1 aromatic carbocycles. The van der Waals surface area contributed by atoms with Crippen LogP contribution >= 0.6 is 0 Å². The zero-order valence-corrected chi connectivity index (χ0v) is 30.6. The lowest BCUT2D eigenvalue weighted by atomic mass is 9.62. The molecule has 1 aromatic rings. The van der Waals surface area contributed by atoms with Gasteiger partial charge in [-0.2, -0.15) is 5.06 Å². The molecule has 2 saturated carbocycles. The summed E-state index contributed by atoms with van der Waals surface area (Å²) in [6.45, 7) is 5.46. The fourth-order valence-corrected chi connectivity index (χ4v) is 9.41. The van der Waals surface area contributed by atoms with Crippen molar-refractivity contribution in [1.82, 2.24) is 15.3 Å². The van der Waals surface area contributed by atoms with Crippen molar-refractivity contribution in [1.29, 1.82) is 0 Å². The molecule has 0 aromatic heterocycles. The Hall–Kier alpha value is -3.40. The molecule has 2 bridgehead atoms. The second-order valence-electron chi connectivity index (χ2n) is 16.6. The molecule has 5 heterocycles. The van der Waals surface area contributed by atoms with Crippen molar-refractivity contribution in [3.05, 3.63) is 41.5 Å². The summed E-state index contributed by atoms with van der Waals surface area (Å²) in [6.07, 6.45) is 6.91. The van der Waals surface area contributed by atoms with E-state index >= 15 is 4.79 Å². The summed E-state index contributed by atoms with van der Waals surface area (Å²) in [5.74, 6) is -1.34. The summed E-state index contributed by atoms with van der Waals surface area (Å²) in [6, 6.07) is 5.33. The van der Waals surface area contributed by atoms with Gasteiger partial charge in [-0.15, -0.1) is 0 Å². The number of hydrogen-bond acceptors (Lipinski definition) is 12. The Morgan fingerprint density at radius 1 is 1.09 bits per heavy atom. The van der Waals surface area contributed by atoms with Crippen LogP contribution in [0.4, 0.5) is 0 Å². The number of aliphatic hydroxyl groups excluding tert-OH is 1. The van der Waals surface area contributed by atoms with E-state index in [4.69, 9.17) is 28.5 Å². The highest BCUT2D eigenvalue weighted by Crippen LogP contribution is 2.56. The van der Waals surface area contributed by atoms with Crippen molar-refractivity contribution < 1.29 is 52.8 Å². The molecular weight excluding hydrogens is 686 g/mol. The van der Waals surface area contributed by atoms with Crippen molar-refractivity contribution >= 4 is 29.8 Å². The van der Waals surface area contributed by atoms with Crippen molar-refractivity contribution in [3.8, 4) is 0 Å². The molecule has 5 aliphatic heterocycles. The third kappa shape index (κ3) is 7.02. The van der Waals surface area contributed by atoms with Crippen LogP contribution < -0.4 is 5.32 Å². The van der Waals surface area contributed by atoms with Gasteiger partial charge in [0.1, 0.15) is 48.3 Å². The lowest BCUT2D eigenvalue weighted by Crippen LogP contribution is -2.70. The molecule has 8 rings (SSSR count). The quantitative estimate of drug-likeness (QED) is 0.252. The maximum atomic E-state index is 15.1. The smallest absolute Gasteiger partial charge is 0.327 e. The van der Waals surface area contributed by atoms with E-state index in [9.17, 15) is 19.5 Å². The van der Waals surface area contributed by atoms with Crippen molar-refractivity contribution in [2.24, 2.45) is 11.3 Å². The number of epoxide rings is 1. The molecule has 2 N–H and O–H groups in total. The molecule has 7 fully saturated rings. The first-order chi connectivity index (χ1) is 25.4. The van der Waals surface area contributed by atoms with Gasteiger partial charge in [0, 0.05) is 19.4 Å². The highest BCUT2D eigenvalue weighted by Gasteiger charge is 2.75. The number of allylic oxidation sites excluding steroid dienone is 1. The Kier molecular flexibility index (Phi) is 9.90. The lowest BCUT2D eigenvalue weighted by Gasteiger charge is -2.50. The summed E-state index contributed by atoms with van der Waals surface area (Å²) in [5, 5.41) is 14.5. The summed E-state index contributed by atoms with van der Waals surface area (Å²) in [4.78, 5) is 63.5. The first-order valence-electron chi connectivity index (χ1n) is 19.2. The summed E-state index contributed by atoms with van der Waals surface area (Å²) in [7, 11) is 0. The molecule has 0 radical (unpaired) electrons. The minimum atomic E-state index is -1.39. The topological polar surface area (TPSA) is 166 Å². The predicted octanol–water partition coefficient (Wildman–Crippen LogP) is 2.40. The number of fused-ring (bicyclic) bond motifs is 5. The molecular formula is C39H51N3O11. The van der Waals surface area contributed by atoms with Crippen LogP contribution in [0.25, 0.3) is 6.08 Å². The van der Waals surface area contributed by atoms with Crippen molar-refractivity contribution in [3.63, 3.8) is 0 Å². The first-order valence-corrected chi connectivity index (χ1v) is 19.2. The SMILES string of the molecule is CC(C)(C)OC(=O)CCC(CO)NC(=O)C1CCCN1C(=O)C12CC3OC(=O)C1N(Cc1ccccc1C=CC1CCC4OC4C1)OC2C1OCOC31. The number of ether oxygens (including phenoxy) is 5. The van der Waals surface area contributed by atoms with Crippen molar-refractivity contribution in [2.45, 2.75) is 139 Å². The number of carbonyl (C=O) groups excluding carboxylic acids is 4. The number of nitrogens with zero attached hydrogens (tertiary/aromatic N) is 2. The number of carbonyl (C=O) groups is 4. The zero-order valence-electron chi connectivity index (χ0n) is 30.6. The van der Waals surface area contributed by atoms with Gasteiger partial charge in [-0.05, 0) is 76.3 Å². The van der Waals surface area contributed by atoms with Crippen LogP contribution in [0.15, 0.2) is 30.3 Å². The van der Waals surface area contributed by atoms with Gasteiger partial charge in [-0.25, -0.2) is 0 Å². The van der Waals surface area contributed by atoms with Crippen LogP contribution in [-0.2, 0) is 54.2 Å². The molecule has 11 unspecified atom stereocenters. The van der Waals surface area contributed by atoms with Gasteiger partial charge in [0.05, 0.1) is 31.4 Å². The van der Waals surface area contributed by atoms with E-state index in [-0.39, 0.29) is 45.1 Å². The van der Waals surface area contributed by atoms with E-state index in [0.717, 1.165) is 30.4 Å². The number of aliphatic hydroxyl groups is 1. The normalized spacial score (nSPS) is 36.5. The second kappa shape index (κ2) is 14.3. The number of nitrogens with one attached hydrogen (secondary N) is 1. The zero-order chi connectivity index (χ0) is 37.1. The van der Waals surface area contributed by atoms with Crippen LogP contribution in [0.5, 0.6) is 0 Å². The molecule has 288 valence electrons. The van der Waals surface area contributed by atoms with E-state index in [1.165, 1.54) is 0 Å². The number of hydrogen-bond donors (Lipinski definition) is 2. The minimum absolute atomic E-state index is 0.0131. The third-order valence-electron chi connectivity index (χ3n) is 11.9. The van der Waals surface area contributed by atoms with Crippen LogP contribution in [0.1, 0.15) is 83.3 Å². The highest BCUT2D eigenvalue weighted by molar-refractivity contribution is 5.96. The number of benzene rings is 1. The fourth-order valence-electron chi connectivity index (χ4n) is 9.41. The van der Waals surface area contributed by atoms with Gasteiger partial charge < -0.3 is 39.0 Å². The Morgan fingerprint density at radius 3 is 2.70 bits per heavy atom. The molecule has 5 saturated heterocycles. The Morgan fingerprint density at radius 2 is 1.91 bits per heavy atom. The molecule has 0 spiro atoms. The maximum absolute atomic E-state index is 15.1. The van der Waals surface area contributed by atoms with Crippen LogP contribution in [0.2, 0.25) is 0 Å². The lowest BCUT2D eigenvalue weighted by molar-refractivity contribution is -0.204. The Labute approximate surface area is 309 Å². The maximum Gasteiger partial charge on any atom is 0.327 e. The number of amides is 2. The average Bonchev–Trinajstić information content (AvgIpc) is 3.43. The van der Waals surface area contributed by atoms with Gasteiger partial charge >= 0.3 is 11.9 Å². The predicted molar refractivity (Wildman–Crippen MR) is 186 cm³/mol. The highest BCUT2D eigenvalue weighted by atomic mass is 16.8. The average molecular weight is 738 g/mol. The van der Waals surface area contributed by atoms with Gasteiger partial charge in [-0.1, -0.05) is 36.4 Å². The minimum Gasteiger partial charge on any atom is -0.460 e. The van der Waals surface area contributed by atoms with E-state index in [2.05, 4.69) is 17.5 Å². The molecule has 11 atom stereocenters. The molecule has 14 heteroatoms.